The first-order chi connectivity index (χ1) is 17.0. The molecule has 11 heteroatoms. The quantitative estimate of drug-likeness (QED) is 0.255. The monoisotopic (exact) mass is 521 g/mol. The van der Waals surface area contributed by atoms with Crippen molar-refractivity contribution in [1.82, 2.24) is 4.98 Å². The number of rotatable bonds is 8. The summed E-state index contributed by atoms with van der Waals surface area (Å²) in [5.74, 6) is -1.25. The van der Waals surface area contributed by atoms with E-state index in [9.17, 15) is 27.6 Å². The van der Waals surface area contributed by atoms with Crippen LogP contribution in [0.2, 0.25) is 5.02 Å². The second-order valence-electron chi connectivity index (χ2n) is 7.96. The molecule has 36 heavy (non-hydrogen) atoms. The summed E-state index contributed by atoms with van der Waals surface area (Å²) >= 11 is 6.00. The summed E-state index contributed by atoms with van der Waals surface area (Å²) < 4.78 is 62.8. The van der Waals surface area contributed by atoms with Crippen LogP contribution in [0, 0.1) is 23.1 Å². The van der Waals surface area contributed by atoms with Crippen LogP contribution in [0.5, 0.6) is 11.6 Å². The minimum atomic E-state index is -4.57. The van der Waals surface area contributed by atoms with Crippen LogP contribution in [0.4, 0.5) is 23.2 Å². The SMILES string of the molecule is CC(C)C(Nc1ccc(C(F)(F)F)cc1Cl)C(=O)OC(C#N)c1cccc(Oc2ccc(F)cc2)n1. The molecule has 0 fully saturated rings. The molecule has 2 unspecified atom stereocenters. The molecular weight excluding hydrogens is 502 g/mol. The number of benzene rings is 2. The van der Waals surface area contributed by atoms with Crippen LogP contribution in [-0.2, 0) is 15.7 Å². The van der Waals surface area contributed by atoms with Gasteiger partial charge in [0.1, 0.15) is 23.7 Å². The Morgan fingerprint density at radius 2 is 1.81 bits per heavy atom. The number of halogens is 5. The van der Waals surface area contributed by atoms with Crippen molar-refractivity contribution in [1.29, 1.82) is 5.26 Å². The predicted octanol–water partition coefficient (Wildman–Crippen LogP) is 6.93. The number of nitrogens with zero attached hydrogens (tertiary/aromatic N) is 2. The van der Waals surface area contributed by atoms with Crippen LogP contribution in [0.25, 0.3) is 0 Å². The molecule has 2 aromatic carbocycles. The van der Waals surface area contributed by atoms with Crippen molar-refractivity contribution in [2.24, 2.45) is 5.92 Å². The molecule has 0 saturated heterocycles. The number of esters is 1. The Labute approximate surface area is 209 Å². The van der Waals surface area contributed by atoms with Gasteiger partial charge in [-0.3, -0.25) is 0 Å². The van der Waals surface area contributed by atoms with E-state index in [1.165, 1.54) is 36.4 Å². The summed E-state index contributed by atoms with van der Waals surface area (Å²) in [6, 6.07) is 13.3. The van der Waals surface area contributed by atoms with Gasteiger partial charge < -0.3 is 14.8 Å². The number of hydrogen-bond donors (Lipinski definition) is 1. The van der Waals surface area contributed by atoms with Crippen LogP contribution in [0.3, 0.4) is 0 Å². The van der Waals surface area contributed by atoms with E-state index in [4.69, 9.17) is 21.1 Å². The van der Waals surface area contributed by atoms with Crippen LogP contribution in [0.15, 0.2) is 60.7 Å². The number of pyridine rings is 1. The van der Waals surface area contributed by atoms with E-state index in [2.05, 4.69) is 10.3 Å². The molecule has 3 rings (SSSR count). The first kappa shape index (κ1) is 26.8. The number of carbonyl (C=O) groups excluding carboxylic acids is 1. The fraction of sp³-hybridized carbons (Fsp3) is 0.240. The highest BCUT2D eigenvalue weighted by Gasteiger charge is 2.32. The Kier molecular flexibility index (Phi) is 8.37. The van der Waals surface area contributed by atoms with E-state index in [1.807, 2.05) is 6.07 Å². The van der Waals surface area contributed by atoms with Crippen LogP contribution < -0.4 is 10.1 Å². The highest BCUT2D eigenvalue weighted by molar-refractivity contribution is 6.33. The van der Waals surface area contributed by atoms with E-state index >= 15 is 0 Å². The smallest absolute Gasteiger partial charge is 0.416 e. The number of nitrogens with one attached hydrogen (secondary N) is 1. The van der Waals surface area contributed by atoms with Crippen molar-refractivity contribution in [3.8, 4) is 17.7 Å². The van der Waals surface area contributed by atoms with Crippen molar-refractivity contribution < 1.29 is 31.8 Å². The molecule has 0 aliphatic heterocycles. The van der Waals surface area contributed by atoms with Gasteiger partial charge in [-0.25, -0.2) is 14.2 Å². The fourth-order valence-corrected chi connectivity index (χ4v) is 3.31. The molecule has 188 valence electrons. The van der Waals surface area contributed by atoms with Gasteiger partial charge in [-0.15, -0.1) is 0 Å². The molecule has 0 aliphatic rings. The van der Waals surface area contributed by atoms with Gasteiger partial charge in [-0.05, 0) is 54.4 Å². The lowest BCUT2D eigenvalue weighted by Crippen LogP contribution is -2.37. The normalized spacial score (nSPS) is 13.0. The zero-order valence-corrected chi connectivity index (χ0v) is 19.8. The third kappa shape index (κ3) is 6.86. The van der Waals surface area contributed by atoms with Crippen LogP contribution >= 0.6 is 11.6 Å². The lowest BCUT2D eigenvalue weighted by Gasteiger charge is -2.24. The Bertz CT molecular complexity index is 1260. The number of hydrogen-bond acceptors (Lipinski definition) is 6. The second kappa shape index (κ2) is 11.3. The maximum atomic E-state index is 13.1. The van der Waals surface area contributed by atoms with E-state index < -0.39 is 35.7 Å². The standard InChI is InChI=1S/C25H20ClF4N3O3/c1-14(2)23(33-19-11-6-15(12-18(19)26)25(28,29)30)24(34)36-21(13-31)20-4-3-5-22(32-20)35-17-9-7-16(27)8-10-17/h3-12,14,21,23,33H,1-2H3. The van der Waals surface area contributed by atoms with E-state index in [-0.39, 0.29) is 28.2 Å². The predicted molar refractivity (Wildman–Crippen MR) is 124 cm³/mol. The molecule has 1 N–H and O–H groups in total. The summed E-state index contributed by atoms with van der Waals surface area (Å²) in [6.07, 6.45) is -5.97. The summed E-state index contributed by atoms with van der Waals surface area (Å²) in [7, 11) is 0. The lowest BCUT2D eigenvalue weighted by molar-refractivity contribution is -0.149. The minimum Gasteiger partial charge on any atom is -0.439 e. The van der Waals surface area contributed by atoms with Gasteiger partial charge in [0.2, 0.25) is 12.0 Å². The molecule has 0 spiro atoms. The highest BCUT2D eigenvalue weighted by Crippen LogP contribution is 2.34. The molecule has 3 aromatic rings. The van der Waals surface area contributed by atoms with Crippen LogP contribution in [0.1, 0.15) is 31.2 Å². The van der Waals surface area contributed by atoms with E-state index in [0.29, 0.717) is 5.75 Å². The molecule has 6 nitrogen and oxygen atoms in total. The van der Waals surface area contributed by atoms with Gasteiger partial charge in [-0.2, -0.15) is 18.4 Å². The summed E-state index contributed by atoms with van der Waals surface area (Å²) in [6.45, 7) is 3.38. The maximum Gasteiger partial charge on any atom is 0.416 e. The van der Waals surface area contributed by atoms with Crippen molar-refractivity contribution >= 4 is 23.3 Å². The second-order valence-corrected chi connectivity index (χ2v) is 8.37. The summed E-state index contributed by atoms with van der Waals surface area (Å²) in [4.78, 5) is 17.1. The average molecular weight is 522 g/mol. The zero-order chi connectivity index (χ0) is 26.5. The Morgan fingerprint density at radius 1 is 1.11 bits per heavy atom. The first-order valence-corrected chi connectivity index (χ1v) is 11.0. The van der Waals surface area contributed by atoms with Crippen molar-refractivity contribution in [3.05, 3.63) is 82.8 Å². The minimum absolute atomic E-state index is 0.0838. The number of aromatic nitrogens is 1. The molecular formula is C25H20ClF4N3O3. The Morgan fingerprint density at radius 3 is 2.39 bits per heavy atom. The largest absolute Gasteiger partial charge is 0.439 e. The summed E-state index contributed by atoms with van der Waals surface area (Å²) in [5, 5.41) is 12.2. The van der Waals surface area contributed by atoms with Gasteiger partial charge in [0, 0.05) is 6.07 Å². The van der Waals surface area contributed by atoms with E-state index in [1.54, 1.807) is 19.9 Å². The van der Waals surface area contributed by atoms with Crippen molar-refractivity contribution in [3.63, 3.8) is 0 Å². The first-order valence-electron chi connectivity index (χ1n) is 10.6. The Hall–Kier alpha value is -3.84. The highest BCUT2D eigenvalue weighted by atomic mass is 35.5. The van der Waals surface area contributed by atoms with Gasteiger partial charge in [0.25, 0.3) is 0 Å². The fourth-order valence-electron chi connectivity index (χ4n) is 3.07. The molecule has 0 amide bonds. The molecule has 1 aromatic heterocycles. The number of carbonyl (C=O) groups is 1. The molecule has 1 heterocycles. The number of ether oxygens (including phenoxy) is 2. The molecule has 0 saturated carbocycles. The van der Waals surface area contributed by atoms with Crippen LogP contribution in [-0.4, -0.2) is 17.0 Å². The maximum absolute atomic E-state index is 13.1. The van der Waals surface area contributed by atoms with Crippen molar-refractivity contribution in [2.75, 3.05) is 5.32 Å². The summed E-state index contributed by atoms with van der Waals surface area (Å²) in [5.41, 5.74) is -0.748. The number of alkyl halides is 3. The average Bonchev–Trinajstić information content (AvgIpc) is 2.82. The van der Waals surface area contributed by atoms with Gasteiger partial charge >= 0.3 is 12.1 Å². The lowest BCUT2D eigenvalue weighted by atomic mass is 10.0. The zero-order valence-electron chi connectivity index (χ0n) is 19.0. The number of nitriles is 1. The third-order valence-electron chi connectivity index (χ3n) is 4.93. The Balaban J connectivity index is 1.75. The van der Waals surface area contributed by atoms with Gasteiger partial charge in [-0.1, -0.05) is 31.5 Å². The number of anilines is 1. The third-order valence-corrected chi connectivity index (χ3v) is 5.24. The molecule has 0 radical (unpaired) electrons. The molecule has 2 atom stereocenters. The van der Waals surface area contributed by atoms with E-state index in [0.717, 1.165) is 18.2 Å². The van der Waals surface area contributed by atoms with Gasteiger partial charge in [0.05, 0.1) is 22.0 Å². The molecule has 0 bridgehead atoms. The van der Waals surface area contributed by atoms with Gasteiger partial charge in [0.15, 0.2) is 0 Å². The van der Waals surface area contributed by atoms with Crippen molar-refractivity contribution in [2.45, 2.75) is 32.2 Å². The molecule has 0 aliphatic carbocycles. The topological polar surface area (TPSA) is 84.2 Å².